The van der Waals surface area contributed by atoms with Gasteiger partial charge in [0.1, 0.15) is 6.61 Å². The third kappa shape index (κ3) is 4.79. The molecule has 0 unspecified atom stereocenters. The van der Waals surface area contributed by atoms with Gasteiger partial charge in [0.25, 0.3) is 0 Å². The van der Waals surface area contributed by atoms with E-state index in [1.807, 2.05) is 26.8 Å². The second-order valence-corrected chi connectivity index (χ2v) is 9.76. The van der Waals surface area contributed by atoms with Crippen molar-refractivity contribution in [3.05, 3.63) is 63.7 Å². The highest BCUT2D eigenvalue weighted by Crippen LogP contribution is 2.24. The van der Waals surface area contributed by atoms with Crippen LogP contribution in [0.4, 0.5) is 0 Å². The van der Waals surface area contributed by atoms with Crippen LogP contribution < -0.4 is 0 Å². The van der Waals surface area contributed by atoms with Crippen LogP contribution in [0.1, 0.15) is 63.7 Å². The molecule has 0 saturated heterocycles. The van der Waals surface area contributed by atoms with Crippen molar-refractivity contribution in [3.63, 3.8) is 0 Å². The summed E-state index contributed by atoms with van der Waals surface area (Å²) in [4.78, 5) is 24.6. The summed E-state index contributed by atoms with van der Waals surface area (Å²) in [5.41, 5.74) is 4.18. The number of Topliss-reactive ketones (excluding diaryl/α,β-unsaturated/α-hetero) is 1. The Morgan fingerprint density at radius 2 is 1.70 bits per heavy atom. The van der Waals surface area contributed by atoms with Gasteiger partial charge in [-0.15, -0.1) is 0 Å². The maximum atomic E-state index is 12.7. The molecule has 0 radical (unpaired) electrons. The Balaban J connectivity index is 2.29. The summed E-state index contributed by atoms with van der Waals surface area (Å²) < 4.78 is 32.1. The van der Waals surface area contributed by atoms with Crippen LogP contribution in [0.5, 0.6) is 0 Å². The second kappa shape index (κ2) is 9.10. The lowest BCUT2D eigenvalue weighted by atomic mass is 9.92. The van der Waals surface area contributed by atoms with Crippen LogP contribution in [0.15, 0.2) is 35.2 Å². The molecule has 0 amide bonds. The third-order valence-electron chi connectivity index (χ3n) is 5.30. The molecular weight excluding hydrogens is 402 g/mol. The summed E-state index contributed by atoms with van der Waals surface area (Å²) in [6, 6.07) is 7.51. The first kappa shape index (κ1) is 23.8. The van der Waals surface area contributed by atoms with Crippen molar-refractivity contribution >= 4 is 21.8 Å². The van der Waals surface area contributed by atoms with Gasteiger partial charge < -0.3 is 4.74 Å². The average molecular weight is 432 g/mol. The standard InChI is InChI=1S/C23H29NO5S/c1-14(2)24(7)30(27,28)20-10-8-9-19(12-20)23(26)29-13-21-15(3)11-16(4)22(17(21)5)18(6)25/h8-12,14H,13H2,1-7H3. The quantitative estimate of drug-likeness (QED) is 0.485. The molecule has 0 atom stereocenters. The number of ether oxygens (including phenoxy) is 1. The molecule has 2 aromatic carbocycles. The number of hydrogen-bond donors (Lipinski definition) is 0. The Labute approximate surface area is 178 Å². The van der Waals surface area contributed by atoms with Crippen molar-refractivity contribution in [3.8, 4) is 0 Å². The molecule has 0 fully saturated rings. The van der Waals surface area contributed by atoms with Gasteiger partial charge >= 0.3 is 5.97 Å². The van der Waals surface area contributed by atoms with Crippen LogP contribution in [0.3, 0.4) is 0 Å². The van der Waals surface area contributed by atoms with E-state index in [9.17, 15) is 18.0 Å². The summed E-state index contributed by atoms with van der Waals surface area (Å²) in [6.07, 6.45) is 0. The molecule has 0 spiro atoms. The fourth-order valence-corrected chi connectivity index (χ4v) is 4.85. The number of carbonyl (C=O) groups excluding carboxylic acids is 2. The number of ketones is 1. The van der Waals surface area contributed by atoms with Crippen LogP contribution >= 0.6 is 0 Å². The third-order valence-corrected chi connectivity index (χ3v) is 7.33. The molecule has 7 heteroatoms. The number of hydrogen-bond acceptors (Lipinski definition) is 5. The van der Waals surface area contributed by atoms with Crippen molar-refractivity contribution < 1.29 is 22.7 Å². The minimum Gasteiger partial charge on any atom is -0.457 e. The molecule has 2 aromatic rings. The Bertz CT molecular complexity index is 1090. The fraction of sp³-hybridized carbons (Fsp3) is 0.391. The molecule has 0 aliphatic rings. The highest BCUT2D eigenvalue weighted by Gasteiger charge is 2.24. The summed E-state index contributed by atoms with van der Waals surface area (Å²) in [5.74, 6) is -0.659. The lowest BCUT2D eigenvalue weighted by Crippen LogP contribution is -2.33. The van der Waals surface area contributed by atoms with E-state index in [2.05, 4.69) is 0 Å². The summed E-state index contributed by atoms with van der Waals surface area (Å²) in [7, 11) is -2.21. The highest BCUT2D eigenvalue weighted by atomic mass is 32.2. The van der Waals surface area contributed by atoms with E-state index in [4.69, 9.17) is 4.74 Å². The van der Waals surface area contributed by atoms with Crippen LogP contribution in [-0.2, 0) is 21.4 Å². The molecule has 2 rings (SSSR count). The second-order valence-electron chi connectivity index (χ2n) is 7.76. The predicted octanol–water partition coefficient (Wildman–Crippen LogP) is 4.20. The van der Waals surface area contributed by atoms with Crippen LogP contribution in [-0.4, -0.2) is 37.6 Å². The number of aryl methyl sites for hydroxylation is 2. The molecule has 30 heavy (non-hydrogen) atoms. The number of rotatable bonds is 7. The number of carbonyl (C=O) groups is 2. The van der Waals surface area contributed by atoms with E-state index in [0.717, 1.165) is 22.3 Å². The lowest BCUT2D eigenvalue weighted by molar-refractivity contribution is 0.0471. The van der Waals surface area contributed by atoms with Crippen LogP contribution in [0.2, 0.25) is 0 Å². The van der Waals surface area contributed by atoms with Gasteiger partial charge in [0.05, 0.1) is 10.5 Å². The smallest absolute Gasteiger partial charge is 0.338 e. The fourth-order valence-electron chi connectivity index (χ4n) is 3.44. The molecule has 0 N–H and O–H groups in total. The molecule has 162 valence electrons. The van der Waals surface area contributed by atoms with Crippen molar-refractivity contribution in [2.75, 3.05) is 7.05 Å². The minimum absolute atomic E-state index is 0.0000650. The van der Waals surface area contributed by atoms with Gasteiger partial charge in [0, 0.05) is 18.7 Å². The van der Waals surface area contributed by atoms with Crippen LogP contribution in [0, 0.1) is 20.8 Å². The number of sulfonamides is 1. The minimum atomic E-state index is -3.71. The number of nitrogens with zero attached hydrogens (tertiary/aromatic N) is 1. The SMILES string of the molecule is CC(=O)c1c(C)cc(C)c(COC(=O)c2cccc(S(=O)(=O)N(C)C(C)C)c2)c1C. The average Bonchev–Trinajstić information content (AvgIpc) is 2.66. The zero-order valence-corrected chi connectivity index (χ0v) is 19.4. The largest absolute Gasteiger partial charge is 0.457 e. The van der Waals surface area contributed by atoms with E-state index in [0.29, 0.717) is 5.56 Å². The molecule has 0 saturated carbocycles. The molecule has 0 bridgehead atoms. The molecule has 6 nitrogen and oxygen atoms in total. The summed E-state index contributed by atoms with van der Waals surface area (Å²) in [6.45, 7) is 10.7. The van der Waals surface area contributed by atoms with E-state index in [1.54, 1.807) is 13.8 Å². The summed E-state index contributed by atoms with van der Waals surface area (Å²) in [5, 5.41) is 0. The Kier molecular flexibility index (Phi) is 7.21. The molecule has 0 heterocycles. The van der Waals surface area contributed by atoms with Gasteiger partial charge in [-0.05, 0) is 82.0 Å². The van der Waals surface area contributed by atoms with Gasteiger partial charge in [-0.1, -0.05) is 12.1 Å². The topological polar surface area (TPSA) is 80.8 Å². The Hall–Kier alpha value is -2.51. The first-order valence-electron chi connectivity index (χ1n) is 9.73. The maximum absolute atomic E-state index is 12.7. The Morgan fingerprint density at radius 1 is 1.07 bits per heavy atom. The van der Waals surface area contributed by atoms with Gasteiger partial charge in [-0.3, -0.25) is 4.79 Å². The maximum Gasteiger partial charge on any atom is 0.338 e. The summed E-state index contributed by atoms with van der Waals surface area (Å²) >= 11 is 0. The van der Waals surface area contributed by atoms with Gasteiger partial charge in [0.15, 0.2) is 5.78 Å². The first-order valence-corrected chi connectivity index (χ1v) is 11.2. The van der Waals surface area contributed by atoms with E-state index in [-0.39, 0.29) is 28.9 Å². The highest BCUT2D eigenvalue weighted by molar-refractivity contribution is 7.89. The van der Waals surface area contributed by atoms with Gasteiger partial charge in [0.2, 0.25) is 10.0 Å². The normalized spacial score (nSPS) is 11.8. The van der Waals surface area contributed by atoms with Crippen molar-refractivity contribution in [2.45, 2.75) is 59.1 Å². The van der Waals surface area contributed by atoms with Crippen molar-refractivity contribution in [1.29, 1.82) is 0 Å². The predicted molar refractivity (Wildman–Crippen MR) is 116 cm³/mol. The first-order chi connectivity index (χ1) is 13.9. The Morgan fingerprint density at radius 3 is 2.27 bits per heavy atom. The van der Waals surface area contributed by atoms with E-state index >= 15 is 0 Å². The van der Waals surface area contributed by atoms with E-state index < -0.39 is 16.0 Å². The molecule has 0 aromatic heterocycles. The van der Waals surface area contributed by atoms with Crippen molar-refractivity contribution in [1.82, 2.24) is 4.31 Å². The zero-order chi connectivity index (χ0) is 22.8. The molecule has 0 aliphatic heterocycles. The number of esters is 1. The lowest BCUT2D eigenvalue weighted by Gasteiger charge is -2.21. The van der Waals surface area contributed by atoms with Gasteiger partial charge in [-0.25, -0.2) is 13.2 Å². The van der Waals surface area contributed by atoms with Crippen molar-refractivity contribution in [2.24, 2.45) is 0 Å². The van der Waals surface area contributed by atoms with E-state index in [1.165, 1.54) is 42.5 Å². The molecule has 0 aliphatic carbocycles. The monoisotopic (exact) mass is 431 g/mol. The van der Waals surface area contributed by atoms with Crippen LogP contribution in [0.25, 0.3) is 0 Å². The zero-order valence-electron chi connectivity index (χ0n) is 18.6. The number of benzene rings is 2. The molecular formula is C23H29NO5S. The van der Waals surface area contributed by atoms with Gasteiger partial charge in [-0.2, -0.15) is 4.31 Å².